The minimum atomic E-state index is -0.308. The summed E-state index contributed by atoms with van der Waals surface area (Å²) in [5.74, 6) is -0.552. The average molecular weight is 414 g/mol. The number of nitrogens with one attached hydrogen (secondary N) is 2. The molecule has 0 unspecified atom stereocenters. The van der Waals surface area contributed by atoms with Crippen LogP contribution in [0.15, 0.2) is 67.1 Å². The van der Waals surface area contributed by atoms with Crippen molar-refractivity contribution in [1.82, 2.24) is 25.1 Å². The number of rotatable bonds is 6. The van der Waals surface area contributed by atoms with Crippen molar-refractivity contribution in [2.75, 3.05) is 5.32 Å². The first-order valence-corrected chi connectivity index (χ1v) is 9.94. The predicted molar refractivity (Wildman–Crippen MR) is 118 cm³/mol. The summed E-state index contributed by atoms with van der Waals surface area (Å²) in [6.07, 6.45) is 4.91. The number of aromatic nitrogens is 4. The molecule has 0 radical (unpaired) electrons. The van der Waals surface area contributed by atoms with Crippen molar-refractivity contribution in [3.8, 4) is 0 Å². The molecule has 0 atom stereocenters. The van der Waals surface area contributed by atoms with Crippen LogP contribution < -0.4 is 10.6 Å². The van der Waals surface area contributed by atoms with E-state index in [2.05, 4.69) is 25.7 Å². The molecule has 8 heteroatoms. The lowest BCUT2D eigenvalue weighted by Crippen LogP contribution is -2.23. The van der Waals surface area contributed by atoms with E-state index in [1.165, 1.54) is 6.20 Å². The summed E-state index contributed by atoms with van der Waals surface area (Å²) >= 11 is 0. The van der Waals surface area contributed by atoms with E-state index in [-0.39, 0.29) is 17.9 Å². The lowest BCUT2D eigenvalue weighted by atomic mass is 10.1. The maximum atomic E-state index is 12.7. The van der Waals surface area contributed by atoms with Gasteiger partial charge < -0.3 is 10.6 Å². The van der Waals surface area contributed by atoms with Gasteiger partial charge in [0.2, 0.25) is 0 Å². The van der Waals surface area contributed by atoms with Crippen LogP contribution in [0.5, 0.6) is 0 Å². The molecule has 4 rings (SSSR count). The Bertz CT molecular complexity index is 1230. The highest BCUT2D eigenvalue weighted by Gasteiger charge is 2.13. The fourth-order valence-electron chi connectivity index (χ4n) is 3.16. The molecule has 0 spiro atoms. The maximum absolute atomic E-state index is 12.7. The van der Waals surface area contributed by atoms with Gasteiger partial charge in [0.05, 0.1) is 24.0 Å². The number of nitrogens with zero attached hydrogens (tertiary/aromatic N) is 4. The van der Waals surface area contributed by atoms with Crippen LogP contribution in [0.2, 0.25) is 0 Å². The Morgan fingerprint density at radius 2 is 1.84 bits per heavy atom. The van der Waals surface area contributed by atoms with Crippen LogP contribution in [0.3, 0.4) is 0 Å². The lowest BCUT2D eigenvalue weighted by Gasteiger charge is -2.09. The molecule has 0 fully saturated rings. The van der Waals surface area contributed by atoms with E-state index in [1.807, 2.05) is 36.7 Å². The van der Waals surface area contributed by atoms with Crippen LogP contribution in [0.1, 0.15) is 46.3 Å². The van der Waals surface area contributed by atoms with E-state index in [9.17, 15) is 9.59 Å². The second-order valence-electron chi connectivity index (χ2n) is 7.36. The Kier molecular flexibility index (Phi) is 5.70. The molecule has 156 valence electrons. The highest BCUT2D eigenvalue weighted by atomic mass is 16.2. The van der Waals surface area contributed by atoms with Crippen LogP contribution in [-0.4, -0.2) is 31.6 Å². The van der Waals surface area contributed by atoms with Gasteiger partial charge in [0.25, 0.3) is 11.8 Å². The maximum Gasteiger partial charge on any atom is 0.257 e. The summed E-state index contributed by atoms with van der Waals surface area (Å²) < 4.78 is 1.81. The quantitative estimate of drug-likeness (QED) is 0.502. The van der Waals surface area contributed by atoms with E-state index in [0.717, 1.165) is 16.7 Å². The Balaban J connectivity index is 1.45. The monoisotopic (exact) mass is 414 g/mol. The van der Waals surface area contributed by atoms with Gasteiger partial charge in [-0.15, -0.1) is 0 Å². The van der Waals surface area contributed by atoms with E-state index < -0.39 is 0 Å². The first kappa shape index (κ1) is 20.2. The molecular formula is C23H22N6O2. The summed E-state index contributed by atoms with van der Waals surface area (Å²) in [7, 11) is 0. The lowest BCUT2D eigenvalue weighted by molar-refractivity contribution is 0.0949. The number of hydrogen-bond donors (Lipinski definition) is 2. The third-order valence-electron chi connectivity index (χ3n) is 4.72. The van der Waals surface area contributed by atoms with E-state index in [0.29, 0.717) is 23.4 Å². The summed E-state index contributed by atoms with van der Waals surface area (Å²) in [5, 5.41) is 10.8. The van der Waals surface area contributed by atoms with Crippen molar-refractivity contribution >= 4 is 28.5 Å². The Hall–Kier alpha value is -4.07. The van der Waals surface area contributed by atoms with Crippen LogP contribution in [0.25, 0.3) is 11.0 Å². The highest BCUT2D eigenvalue weighted by Crippen LogP contribution is 2.18. The summed E-state index contributed by atoms with van der Waals surface area (Å²) in [6.45, 7) is 4.37. The van der Waals surface area contributed by atoms with Gasteiger partial charge in [-0.1, -0.05) is 12.1 Å². The third kappa shape index (κ3) is 4.58. The Morgan fingerprint density at radius 1 is 0.968 bits per heavy atom. The van der Waals surface area contributed by atoms with Crippen LogP contribution in [0, 0.1) is 0 Å². The van der Waals surface area contributed by atoms with Crippen LogP contribution in [0.4, 0.5) is 5.69 Å². The topological polar surface area (TPSA) is 102 Å². The van der Waals surface area contributed by atoms with Gasteiger partial charge in [0.15, 0.2) is 5.65 Å². The van der Waals surface area contributed by atoms with E-state index in [4.69, 9.17) is 0 Å². The van der Waals surface area contributed by atoms with E-state index >= 15 is 0 Å². The molecule has 0 saturated carbocycles. The molecule has 4 aromatic rings. The number of amides is 2. The number of hydrogen-bond acceptors (Lipinski definition) is 5. The molecule has 3 aromatic heterocycles. The Morgan fingerprint density at radius 3 is 2.61 bits per heavy atom. The first-order valence-electron chi connectivity index (χ1n) is 9.94. The largest absolute Gasteiger partial charge is 0.346 e. The van der Waals surface area contributed by atoms with Crippen LogP contribution in [-0.2, 0) is 6.54 Å². The van der Waals surface area contributed by atoms with Gasteiger partial charge in [-0.25, -0.2) is 9.67 Å². The molecule has 31 heavy (non-hydrogen) atoms. The fourth-order valence-corrected chi connectivity index (χ4v) is 3.16. The number of pyridine rings is 2. The van der Waals surface area contributed by atoms with Crippen molar-refractivity contribution < 1.29 is 9.59 Å². The van der Waals surface area contributed by atoms with Crippen molar-refractivity contribution in [3.63, 3.8) is 0 Å². The predicted octanol–water partition coefficient (Wildman–Crippen LogP) is 3.59. The molecule has 0 saturated heterocycles. The molecule has 0 aliphatic heterocycles. The van der Waals surface area contributed by atoms with Crippen molar-refractivity contribution in [3.05, 3.63) is 83.9 Å². The van der Waals surface area contributed by atoms with Crippen molar-refractivity contribution in [2.24, 2.45) is 0 Å². The molecule has 0 aliphatic rings. The van der Waals surface area contributed by atoms with Gasteiger partial charge in [0.1, 0.15) is 0 Å². The summed E-state index contributed by atoms with van der Waals surface area (Å²) in [6, 6.07) is 14.2. The van der Waals surface area contributed by atoms with Gasteiger partial charge in [-0.3, -0.25) is 14.6 Å². The SMILES string of the molecule is CC(C)n1ncc2cc(C(=O)Nc3cccc(C(=O)NCc4ccccn4)c3)cnc21. The Labute approximate surface area is 179 Å². The number of anilines is 1. The normalized spacial score (nSPS) is 10.9. The van der Waals surface area contributed by atoms with Gasteiger partial charge >= 0.3 is 0 Å². The van der Waals surface area contributed by atoms with Gasteiger partial charge in [0, 0.05) is 35.1 Å². The third-order valence-corrected chi connectivity index (χ3v) is 4.72. The summed E-state index contributed by atoms with van der Waals surface area (Å²) in [5.41, 5.74) is 2.89. The zero-order valence-electron chi connectivity index (χ0n) is 17.2. The van der Waals surface area contributed by atoms with Crippen LogP contribution >= 0.6 is 0 Å². The minimum Gasteiger partial charge on any atom is -0.346 e. The summed E-state index contributed by atoms with van der Waals surface area (Å²) in [4.78, 5) is 33.7. The van der Waals surface area contributed by atoms with Gasteiger partial charge in [-0.05, 0) is 50.2 Å². The molecular weight excluding hydrogens is 392 g/mol. The fraction of sp³-hybridized carbons (Fsp3) is 0.174. The zero-order chi connectivity index (χ0) is 21.8. The highest BCUT2D eigenvalue weighted by molar-refractivity contribution is 6.06. The smallest absolute Gasteiger partial charge is 0.257 e. The second-order valence-corrected chi connectivity index (χ2v) is 7.36. The first-order chi connectivity index (χ1) is 15.0. The number of fused-ring (bicyclic) bond motifs is 1. The molecule has 2 amide bonds. The minimum absolute atomic E-state index is 0.177. The van der Waals surface area contributed by atoms with E-state index in [1.54, 1.807) is 42.7 Å². The number of carbonyl (C=O) groups is 2. The molecule has 0 bridgehead atoms. The zero-order valence-corrected chi connectivity index (χ0v) is 17.2. The van der Waals surface area contributed by atoms with Crippen molar-refractivity contribution in [2.45, 2.75) is 26.4 Å². The molecule has 1 aromatic carbocycles. The second kappa shape index (κ2) is 8.74. The molecule has 8 nitrogen and oxygen atoms in total. The van der Waals surface area contributed by atoms with Gasteiger partial charge in [-0.2, -0.15) is 5.10 Å². The molecule has 0 aliphatic carbocycles. The van der Waals surface area contributed by atoms with Crippen molar-refractivity contribution in [1.29, 1.82) is 0 Å². The molecule has 2 N–H and O–H groups in total. The molecule has 3 heterocycles. The standard InChI is InChI=1S/C23H22N6O2/c1-15(2)29-21-17(13-27-29)10-18(12-25-21)23(31)28-19-8-5-6-16(11-19)22(30)26-14-20-7-3-4-9-24-20/h3-13,15H,14H2,1-2H3,(H,26,30)(H,28,31). The number of carbonyl (C=O) groups excluding carboxylic acids is 2. The number of benzene rings is 1. The average Bonchev–Trinajstić information content (AvgIpc) is 3.22.